The summed E-state index contributed by atoms with van der Waals surface area (Å²) in [4.78, 5) is 24.3. The molecule has 0 saturated carbocycles. The van der Waals surface area contributed by atoms with Crippen LogP contribution in [0.15, 0.2) is 42.7 Å². The van der Waals surface area contributed by atoms with Gasteiger partial charge < -0.3 is 14.8 Å². The van der Waals surface area contributed by atoms with Gasteiger partial charge in [-0.3, -0.25) is 14.7 Å². The van der Waals surface area contributed by atoms with Gasteiger partial charge in [-0.15, -0.1) is 11.3 Å². The van der Waals surface area contributed by atoms with Crippen LogP contribution in [-0.4, -0.2) is 60.2 Å². The quantitative estimate of drug-likeness (QED) is 0.485. The summed E-state index contributed by atoms with van der Waals surface area (Å²) >= 11 is 1.50. The Morgan fingerprint density at radius 2 is 2.08 bits per heavy atom. The van der Waals surface area contributed by atoms with Gasteiger partial charge in [-0.2, -0.15) is 13.2 Å². The smallest absolute Gasteiger partial charge is 0.433 e. The predicted molar refractivity (Wildman–Crippen MR) is 130 cm³/mol. The Kier molecular flexibility index (Phi) is 7.91. The lowest BCUT2D eigenvalue weighted by Gasteiger charge is -2.32. The molecule has 2 aromatic heterocycles. The molecule has 11 heteroatoms. The number of rotatable bonds is 7. The number of pyridine rings is 1. The number of carbonyl (C=O) groups is 1. The number of aryl methyl sites for hydroxylation is 1. The summed E-state index contributed by atoms with van der Waals surface area (Å²) in [7, 11) is 2.02. The van der Waals surface area contributed by atoms with E-state index in [1.54, 1.807) is 25.3 Å². The molecule has 1 aliphatic rings. The first-order valence-electron chi connectivity index (χ1n) is 11.4. The average Bonchev–Trinajstić information content (AvgIpc) is 3.29. The van der Waals surface area contributed by atoms with Crippen LogP contribution in [0, 0.1) is 6.92 Å². The van der Waals surface area contributed by atoms with Gasteiger partial charge in [-0.1, -0.05) is 6.07 Å². The third-order valence-corrected chi connectivity index (χ3v) is 6.89. The second-order valence-electron chi connectivity index (χ2n) is 8.71. The summed E-state index contributed by atoms with van der Waals surface area (Å²) in [6.45, 7) is 6.10. The van der Waals surface area contributed by atoms with E-state index < -0.39 is 17.9 Å². The molecule has 2 atom stereocenters. The Labute approximate surface area is 211 Å². The number of likely N-dealkylation sites (N-methyl/N-ethyl adjacent to an activating group) is 1. The standard InChI is InChI=1S/C25H27F3N4O3S/c1-15-11-30-24(36-15)19-8-18(9-21(10-19)35-14-20-13-34-7-6-32(20)3)23(33)31-16(2)17-4-5-22(29-12-17)25(26,27)28/h4-5,8-12,16,20H,6-7,13-14H2,1-3H3,(H,31,33)/t16-,20+/m1/s1. The van der Waals surface area contributed by atoms with Crippen LogP contribution >= 0.6 is 11.3 Å². The van der Waals surface area contributed by atoms with Gasteiger partial charge in [-0.25, -0.2) is 4.98 Å². The molecule has 1 fully saturated rings. The first kappa shape index (κ1) is 26.1. The molecule has 7 nitrogen and oxygen atoms in total. The molecule has 1 aromatic carbocycles. The molecule has 0 bridgehead atoms. The lowest BCUT2D eigenvalue weighted by Crippen LogP contribution is -2.46. The van der Waals surface area contributed by atoms with Gasteiger partial charge in [0.15, 0.2) is 0 Å². The second-order valence-corrected chi connectivity index (χ2v) is 9.95. The predicted octanol–water partition coefficient (Wildman–Crippen LogP) is 4.73. The maximum absolute atomic E-state index is 13.1. The summed E-state index contributed by atoms with van der Waals surface area (Å²) in [6.07, 6.45) is -1.63. The van der Waals surface area contributed by atoms with Gasteiger partial charge in [0, 0.05) is 34.9 Å². The molecule has 3 heterocycles. The van der Waals surface area contributed by atoms with Crippen molar-refractivity contribution in [3.63, 3.8) is 0 Å². The molecule has 4 rings (SSSR count). The summed E-state index contributed by atoms with van der Waals surface area (Å²) in [5.74, 6) is 0.133. The maximum atomic E-state index is 13.1. The number of carbonyl (C=O) groups excluding carboxylic acids is 1. The number of halogens is 3. The summed E-state index contributed by atoms with van der Waals surface area (Å²) in [6, 6.07) is 6.98. The number of amides is 1. The van der Waals surface area contributed by atoms with E-state index in [2.05, 4.69) is 20.2 Å². The van der Waals surface area contributed by atoms with Gasteiger partial charge in [0.05, 0.1) is 25.3 Å². The zero-order valence-electron chi connectivity index (χ0n) is 20.1. The number of hydrogen-bond donors (Lipinski definition) is 1. The number of nitrogens with one attached hydrogen (secondary N) is 1. The molecule has 1 saturated heterocycles. The van der Waals surface area contributed by atoms with Crippen molar-refractivity contribution in [2.24, 2.45) is 0 Å². The Morgan fingerprint density at radius 1 is 1.28 bits per heavy atom. The van der Waals surface area contributed by atoms with E-state index >= 15 is 0 Å². The zero-order valence-corrected chi connectivity index (χ0v) is 20.9. The average molecular weight is 521 g/mol. The number of alkyl halides is 3. The monoisotopic (exact) mass is 520 g/mol. The Morgan fingerprint density at radius 3 is 2.72 bits per heavy atom. The van der Waals surface area contributed by atoms with Crippen LogP contribution in [0.4, 0.5) is 13.2 Å². The summed E-state index contributed by atoms with van der Waals surface area (Å²) in [5, 5.41) is 3.59. The summed E-state index contributed by atoms with van der Waals surface area (Å²) in [5.41, 5.74) is 0.579. The molecule has 0 aliphatic carbocycles. The second kappa shape index (κ2) is 10.9. The van der Waals surface area contributed by atoms with Crippen LogP contribution in [0.5, 0.6) is 5.75 Å². The van der Waals surface area contributed by atoms with Gasteiger partial charge in [-0.05, 0) is 50.7 Å². The van der Waals surface area contributed by atoms with E-state index in [4.69, 9.17) is 9.47 Å². The van der Waals surface area contributed by atoms with Crippen molar-refractivity contribution in [1.29, 1.82) is 0 Å². The van der Waals surface area contributed by atoms with E-state index in [1.165, 1.54) is 17.4 Å². The van der Waals surface area contributed by atoms with Crippen LogP contribution in [0.2, 0.25) is 0 Å². The maximum Gasteiger partial charge on any atom is 0.433 e. The van der Waals surface area contributed by atoms with Crippen molar-refractivity contribution >= 4 is 17.2 Å². The van der Waals surface area contributed by atoms with Gasteiger partial charge in [0.2, 0.25) is 0 Å². The highest BCUT2D eigenvalue weighted by molar-refractivity contribution is 7.14. The third-order valence-electron chi connectivity index (χ3n) is 5.93. The van der Waals surface area contributed by atoms with Crippen molar-refractivity contribution in [1.82, 2.24) is 20.2 Å². The van der Waals surface area contributed by atoms with Crippen LogP contribution in [0.25, 0.3) is 10.6 Å². The first-order chi connectivity index (χ1) is 17.1. The van der Waals surface area contributed by atoms with Gasteiger partial charge in [0.25, 0.3) is 5.91 Å². The van der Waals surface area contributed by atoms with Crippen molar-refractivity contribution in [3.8, 4) is 16.3 Å². The largest absolute Gasteiger partial charge is 0.492 e. The molecule has 1 amide bonds. The number of nitrogens with zero attached hydrogens (tertiary/aromatic N) is 3. The van der Waals surface area contributed by atoms with Gasteiger partial charge >= 0.3 is 6.18 Å². The lowest BCUT2D eigenvalue weighted by molar-refractivity contribution is -0.141. The van der Waals surface area contributed by atoms with E-state index in [0.29, 0.717) is 36.7 Å². The fraction of sp³-hybridized carbons (Fsp3) is 0.400. The fourth-order valence-corrected chi connectivity index (χ4v) is 4.47. The van der Waals surface area contributed by atoms with E-state index in [1.807, 2.05) is 20.0 Å². The Balaban J connectivity index is 1.53. The lowest BCUT2D eigenvalue weighted by atomic mass is 10.1. The van der Waals surface area contributed by atoms with Crippen LogP contribution < -0.4 is 10.1 Å². The number of ether oxygens (including phenoxy) is 2. The molecular formula is C25H27F3N4O3S. The SMILES string of the molecule is Cc1cnc(-c2cc(OC[C@@H]3COCCN3C)cc(C(=O)N[C@H](C)c3ccc(C(F)(F)F)nc3)c2)s1. The highest BCUT2D eigenvalue weighted by atomic mass is 32.1. The topological polar surface area (TPSA) is 76.6 Å². The molecule has 0 spiro atoms. The van der Waals surface area contributed by atoms with Crippen molar-refractivity contribution < 1.29 is 27.4 Å². The zero-order chi connectivity index (χ0) is 25.9. The third kappa shape index (κ3) is 6.40. The van der Waals surface area contributed by atoms with E-state index in [-0.39, 0.29) is 11.9 Å². The minimum atomic E-state index is -4.52. The highest BCUT2D eigenvalue weighted by Gasteiger charge is 2.32. The molecule has 3 aromatic rings. The number of thiazole rings is 1. The number of benzene rings is 1. The molecular weight excluding hydrogens is 493 g/mol. The van der Waals surface area contributed by atoms with Crippen molar-refractivity contribution in [2.75, 3.05) is 33.4 Å². The van der Waals surface area contributed by atoms with Gasteiger partial charge in [0.1, 0.15) is 23.1 Å². The summed E-state index contributed by atoms with van der Waals surface area (Å²) < 4.78 is 50.1. The van der Waals surface area contributed by atoms with E-state index in [9.17, 15) is 18.0 Å². The Bertz CT molecular complexity index is 1200. The van der Waals surface area contributed by atoms with E-state index in [0.717, 1.165) is 34.3 Å². The number of hydrogen-bond acceptors (Lipinski definition) is 7. The highest BCUT2D eigenvalue weighted by Crippen LogP contribution is 2.31. The van der Waals surface area contributed by atoms with Crippen molar-refractivity contribution in [2.45, 2.75) is 32.1 Å². The minimum absolute atomic E-state index is 0.0917. The van der Waals surface area contributed by atoms with Crippen LogP contribution in [0.1, 0.15) is 39.5 Å². The normalized spacial score (nSPS) is 17.6. The van der Waals surface area contributed by atoms with Crippen molar-refractivity contribution in [3.05, 3.63) is 64.4 Å². The molecule has 0 unspecified atom stereocenters. The first-order valence-corrected chi connectivity index (χ1v) is 12.2. The Hall–Kier alpha value is -3.02. The molecule has 36 heavy (non-hydrogen) atoms. The minimum Gasteiger partial charge on any atom is -0.492 e. The molecule has 1 N–H and O–H groups in total. The molecule has 192 valence electrons. The van der Waals surface area contributed by atoms with Crippen LogP contribution in [-0.2, 0) is 10.9 Å². The number of morpholine rings is 1. The molecule has 1 aliphatic heterocycles. The molecule has 0 radical (unpaired) electrons. The number of aromatic nitrogens is 2. The van der Waals surface area contributed by atoms with Crippen LogP contribution in [0.3, 0.4) is 0 Å². The fourth-order valence-electron chi connectivity index (χ4n) is 3.72.